The second-order valence-corrected chi connectivity index (χ2v) is 8.67. The van der Waals surface area contributed by atoms with Crippen molar-refractivity contribution < 1.29 is 19.3 Å². The molecule has 2 aliphatic carbocycles. The highest BCUT2D eigenvalue weighted by atomic mass is 19.1. The summed E-state index contributed by atoms with van der Waals surface area (Å²) in [6.45, 7) is -0.528. The van der Waals surface area contributed by atoms with Crippen molar-refractivity contribution >= 4 is 6.02 Å². The second-order valence-electron chi connectivity index (χ2n) is 8.67. The highest BCUT2D eigenvalue weighted by Gasteiger charge is 2.62. The Hall–Kier alpha value is -2.47. The number of pyridine rings is 1. The van der Waals surface area contributed by atoms with E-state index in [1.54, 1.807) is 6.20 Å². The summed E-state index contributed by atoms with van der Waals surface area (Å²) in [6, 6.07) is 6.91. The van der Waals surface area contributed by atoms with E-state index in [0.29, 0.717) is 42.4 Å². The molecule has 5 nitrogen and oxygen atoms in total. The van der Waals surface area contributed by atoms with E-state index in [4.69, 9.17) is 20.7 Å². The molecule has 2 heterocycles. The highest BCUT2D eigenvalue weighted by molar-refractivity contribution is 5.76. The first-order valence-electron chi connectivity index (χ1n) is 12.3. The Morgan fingerprint density at radius 2 is 2.23 bits per heavy atom. The molecule has 2 aromatic rings. The van der Waals surface area contributed by atoms with Crippen molar-refractivity contribution in [3.63, 3.8) is 0 Å². The molecule has 30 heavy (non-hydrogen) atoms. The third kappa shape index (κ3) is 2.84. The topological polar surface area (TPSA) is 69.7 Å². The van der Waals surface area contributed by atoms with Gasteiger partial charge in [0.2, 0.25) is 0 Å². The molecule has 0 amide bonds. The standard InChI is InChI=1S/C24H28FN3O2/c1-3-29-21-6-7-23(10-15(21)2)11-17-5-4-16(18-8-19(25)13-27-12-18)9-20(17)24(23)14-30-22(26)28-24/h4-5,8-9,12-13,15,21H,3,6-7,10-11,14H2,1-2H3,(H2,26,28)/t15-,21-,23-,24?/m0/s1/i3D2,14D2. The molecule has 2 N–H and O–H groups in total. The van der Waals surface area contributed by atoms with Gasteiger partial charge >= 0.3 is 0 Å². The number of benzene rings is 1. The third-order valence-corrected chi connectivity index (χ3v) is 6.94. The number of halogens is 1. The van der Waals surface area contributed by atoms with Crippen LogP contribution in [-0.2, 0) is 21.4 Å². The molecule has 1 fully saturated rings. The molecule has 1 unspecified atom stereocenters. The fraction of sp³-hybridized carbons (Fsp3) is 0.500. The van der Waals surface area contributed by atoms with Gasteiger partial charge in [-0.1, -0.05) is 19.1 Å². The normalized spacial score (nSPS) is 36.4. The van der Waals surface area contributed by atoms with Gasteiger partial charge in [-0.05, 0) is 67.3 Å². The monoisotopic (exact) mass is 413 g/mol. The van der Waals surface area contributed by atoms with E-state index in [0.717, 1.165) is 11.8 Å². The van der Waals surface area contributed by atoms with E-state index in [2.05, 4.69) is 9.98 Å². The molecule has 1 saturated carbocycles. The molecule has 4 atom stereocenters. The van der Waals surface area contributed by atoms with Gasteiger partial charge in [-0.2, -0.15) is 0 Å². The first-order chi connectivity index (χ1) is 15.9. The smallest absolute Gasteiger partial charge is 0.283 e. The second kappa shape index (κ2) is 7.05. The maximum absolute atomic E-state index is 13.9. The summed E-state index contributed by atoms with van der Waals surface area (Å²) in [5.41, 5.74) is 6.93. The van der Waals surface area contributed by atoms with Gasteiger partial charge in [-0.15, -0.1) is 0 Å². The van der Waals surface area contributed by atoms with Crippen LogP contribution in [0.15, 0.2) is 41.7 Å². The quantitative estimate of drug-likeness (QED) is 0.819. The molecule has 1 aliphatic heterocycles. The van der Waals surface area contributed by atoms with Gasteiger partial charge in [0.25, 0.3) is 6.02 Å². The molecule has 2 spiro atoms. The number of aliphatic imine (C=N–C) groups is 1. The number of hydrogen-bond acceptors (Lipinski definition) is 5. The largest absolute Gasteiger partial charge is 0.462 e. The molecule has 0 radical (unpaired) electrons. The first-order valence-corrected chi connectivity index (χ1v) is 10.3. The van der Waals surface area contributed by atoms with Crippen LogP contribution in [-0.4, -0.2) is 30.2 Å². The number of aromatic nitrogens is 1. The van der Waals surface area contributed by atoms with E-state index in [1.165, 1.54) is 13.0 Å². The van der Waals surface area contributed by atoms with Gasteiger partial charge in [0.05, 0.1) is 17.8 Å². The Morgan fingerprint density at radius 1 is 1.37 bits per heavy atom. The van der Waals surface area contributed by atoms with Crippen molar-refractivity contribution in [3.8, 4) is 11.1 Å². The summed E-state index contributed by atoms with van der Waals surface area (Å²) in [5, 5.41) is 0. The Bertz CT molecular complexity index is 1170. The van der Waals surface area contributed by atoms with Crippen LogP contribution in [0.5, 0.6) is 0 Å². The Balaban J connectivity index is 1.62. The van der Waals surface area contributed by atoms with Gasteiger partial charge in [-0.3, -0.25) is 4.98 Å². The van der Waals surface area contributed by atoms with Crippen LogP contribution in [0.25, 0.3) is 11.1 Å². The molecular weight excluding hydrogens is 381 g/mol. The lowest BCUT2D eigenvalue weighted by molar-refractivity contribution is -0.0588. The fourth-order valence-corrected chi connectivity index (χ4v) is 5.64. The number of amidine groups is 1. The molecule has 1 aromatic heterocycles. The first kappa shape index (κ1) is 15.3. The highest BCUT2D eigenvalue weighted by Crippen LogP contribution is 2.62. The average Bonchev–Trinajstić information content (AvgIpc) is 3.13. The van der Waals surface area contributed by atoms with Gasteiger partial charge in [0.15, 0.2) is 0 Å². The van der Waals surface area contributed by atoms with Crippen LogP contribution in [0.2, 0.25) is 0 Å². The zero-order valence-corrected chi connectivity index (χ0v) is 17.1. The summed E-state index contributed by atoms with van der Waals surface area (Å²) < 4.78 is 58.5. The van der Waals surface area contributed by atoms with Crippen LogP contribution in [0.1, 0.15) is 49.7 Å². The predicted octanol–water partition coefficient (Wildman–Crippen LogP) is 4.20. The molecule has 6 heteroatoms. The summed E-state index contributed by atoms with van der Waals surface area (Å²) in [5.74, 6) is -0.483. The lowest BCUT2D eigenvalue weighted by atomic mass is 9.59. The lowest BCUT2D eigenvalue weighted by Crippen LogP contribution is -2.48. The minimum absolute atomic E-state index is 0.0327. The van der Waals surface area contributed by atoms with E-state index in [-0.39, 0.29) is 18.0 Å². The van der Waals surface area contributed by atoms with Crippen molar-refractivity contribution in [1.29, 1.82) is 0 Å². The number of ether oxygens (including phenoxy) is 2. The van der Waals surface area contributed by atoms with E-state index in [1.807, 2.05) is 25.1 Å². The summed E-state index contributed by atoms with van der Waals surface area (Å²) in [4.78, 5) is 8.62. The van der Waals surface area contributed by atoms with Gasteiger partial charge in [-0.25, -0.2) is 9.38 Å². The number of nitrogens with zero attached hydrogens (tertiary/aromatic N) is 2. The molecule has 0 bridgehead atoms. The summed E-state index contributed by atoms with van der Waals surface area (Å²) >= 11 is 0. The Labute approximate surface area is 182 Å². The van der Waals surface area contributed by atoms with Crippen LogP contribution in [0, 0.1) is 17.2 Å². The number of nitrogens with two attached hydrogens (primary N) is 1. The van der Waals surface area contributed by atoms with Crippen molar-refractivity contribution in [3.05, 3.63) is 53.6 Å². The Morgan fingerprint density at radius 3 is 2.93 bits per heavy atom. The average molecular weight is 414 g/mol. The minimum Gasteiger partial charge on any atom is -0.462 e. The SMILES string of the molecule is [2H]C([2H])(C)O[C@H]1CC[C@@]2(Cc3ccc(-c4cncc(F)c4)cc3C23N=C(N)OC3([2H])[2H])C[C@@H]1C. The molecule has 158 valence electrons. The maximum Gasteiger partial charge on any atom is 0.283 e. The van der Waals surface area contributed by atoms with E-state index < -0.39 is 29.9 Å². The van der Waals surface area contributed by atoms with Gasteiger partial charge in [0, 0.05) is 23.7 Å². The molecule has 3 aliphatic rings. The van der Waals surface area contributed by atoms with Crippen molar-refractivity contribution in [2.24, 2.45) is 22.1 Å². The maximum atomic E-state index is 13.9. The third-order valence-electron chi connectivity index (χ3n) is 6.94. The molecular formula is C24H28FN3O2. The van der Waals surface area contributed by atoms with Crippen LogP contribution in [0.4, 0.5) is 4.39 Å². The number of fused-ring (bicyclic) bond motifs is 3. The Kier molecular flexibility index (Phi) is 3.61. The van der Waals surface area contributed by atoms with Gasteiger partial charge in [0.1, 0.15) is 17.9 Å². The fourth-order valence-electron chi connectivity index (χ4n) is 5.64. The lowest BCUT2D eigenvalue weighted by Gasteiger charge is -2.48. The van der Waals surface area contributed by atoms with Gasteiger partial charge < -0.3 is 15.2 Å². The molecule has 0 saturated heterocycles. The van der Waals surface area contributed by atoms with Crippen molar-refractivity contribution in [2.45, 2.75) is 51.2 Å². The van der Waals surface area contributed by atoms with Crippen molar-refractivity contribution in [2.75, 3.05) is 13.1 Å². The van der Waals surface area contributed by atoms with Crippen LogP contribution >= 0.6 is 0 Å². The predicted molar refractivity (Wildman–Crippen MR) is 113 cm³/mol. The van der Waals surface area contributed by atoms with E-state index in [9.17, 15) is 4.39 Å². The summed E-state index contributed by atoms with van der Waals surface area (Å²) in [6.07, 6.45) is 4.72. The van der Waals surface area contributed by atoms with E-state index >= 15 is 0 Å². The molecule has 5 rings (SSSR count). The van der Waals surface area contributed by atoms with Crippen LogP contribution < -0.4 is 5.73 Å². The van der Waals surface area contributed by atoms with Crippen molar-refractivity contribution in [1.82, 2.24) is 4.98 Å². The number of hydrogen-bond donors (Lipinski definition) is 1. The zero-order valence-electron chi connectivity index (χ0n) is 21.1. The molecule has 1 aromatic carbocycles. The number of rotatable bonds is 3. The summed E-state index contributed by atoms with van der Waals surface area (Å²) in [7, 11) is 0. The minimum atomic E-state index is -2.19. The van der Waals surface area contributed by atoms with Crippen LogP contribution in [0.3, 0.4) is 0 Å². The zero-order chi connectivity index (χ0) is 24.5.